The second kappa shape index (κ2) is 16.6. The molecule has 0 bridgehead atoms. The van der Waals surface area contributed by atoms with Crippen molar-refractivity contribution in [1.82, 2.24) is 4.31 Å². The van der Waals surface area contributed by atoms with Crippen molar-refractivity contribution in [3.05, 3.63) is 0 Å². The van der Waals surface area contributed by atoms with E-state index in [9.17, 15) is 145 Å². The van der Waals surface area contributed by atoms with Gasteiger partial charge in [-0.2, -0.15) is 132 Å². The molecule has 38 heteroatoms. The Balaban J connectivity index is 7.61. The maximum absolute atomic E-state index is 14.9. The first kappa shape index (κ1) is 59.8. The van der Waals surface area contributed by atoms with Crippen LogP contribution in [-0.4, -0.2) is 162 Å². The first-order chi connectivity index (χ1) is 26.9. The molecule has 0 saturated carbocycles. The van der Waals surface area contributed by atoms with Crippen LogP contribution in [0.25, 0.3) is 0 Å². The van der Waals surface area contributed by atoms with Gasteiger partial charge in [-0.3, -0.25) is 9.59 Å². The topological polar surface area (TPSA) is 112 Å². The van der Waals surface area contributed by atoms with Gasteiger partial charge < -0.3 is 14.7 Å². The molecular formula is C25H22F29N2O6S+. The van der Waals surface area contributed by atoms with Crippen LogP contribution in [0.4, 0.5) is 127 Å². The van der Waals surface area contributed by atoms with Crippen molar-refractivity contribution >= 4 is 22.0 Å². The average Bonchev–Trinajstić information content (AvgIpc) is 3.06. The second-order valence-corrected chi connectivity index (χ2v) is 15.3. The molecule has 0 aliphatic rings. The number of halogens is 29. The molecule has 376 valence electrons. The quantitative estimate of drug-likeness (QED) is 0.0739. The minimum absolute atomic E-state index is 0.472. The molecular weight excluding hydrogens is 1010 g/mol. The van der Waals surface area contributed by atoms with Crippen LogP contribution in [0, 0.1) is 0 Å². The number of carboxylic acid groups (broad SMARTS) is 2. The molecule has 0 unspecified atom stereocenters. The van der Waals surface area contributed by atoms with Gasteiger partial charge >= 0.3 is 94.4 Å². The molecule has 0 amide bonds. The smallest absolute Gasteiger partial charge is 0.460 e. The lowest BCUT2D eigenvalue weighted by molar-refractivity contribution is -0.889. The van der Waals surface area contributed by atoms with Gasteiger partial charge in [0.05, 0.1) is 40.0 Å². The maximum Gasteiger partial charge on any atom is 0.460 e. The largest absolute Gasteiger partial charge is 0.481 e. The fraction of sp³-hybridized carbons (Fsp3) is 0.920. The van der Waals surface area contributed by atoms with Crippen molar-refractivity contribution < 1.29 is 160 Å². The molecule has 0 rings (SSSR count). The summed E-state index contributed by atoms with van der Waals surface area (Å²) in [6, 6.07) is 0. The number of hydrogen-bond donors (Lipinski definition) is 2. The normalized spacial score (nSPS) is 16.2. The Morgan fingerprint density at radius 1 is 0.413 bits per heavy atom. The van der Waals surface area contributed by atoms with E-state index in [4.69, 9.17) is 10.2 Å². The van der Waals surface area contributed by atoms with E-state index in [2.05, 4.69) is 0 Å². The first-order valence-corrected chi connectivity index (χ1v) is 16.6. The van der Waals surface area contributed by atoms with Crippen LogP contribution in [-0.2, 0) is 19.6 Å². The van der Waals surface area contributed by atoms with E-state index in [-0.39, 0.29) is 0 Å². The van der Waals surface area contributed by atoms with Crippen molar-refractivity contribution in [2.75, 3.05) is 40.3 Å². The lowest BCUT2D eigenvalue weighted by Gasteiger charge is -2.46. The Labute approximate surface area is 329 Å². The molecule has 2 N–H and O–H groups in total. The van der Waals surface area contributed by atoms with Gasteiger partial charge in [0.15, 0.2) is 0 Å². The minimum Gasteiger partial charge on any atom is -0.481 e. The molecule has 0 aromatic carbocycles. The van der Waals surface area contributed by atoms with E-state index < -0.39 is 159 Å². The predicted octanol–water partition coefficient (Wildman–Crippen LogP) is 8.81. The molecule has 0 heterocycles. The summed E-state index contributed by atoms with van der Waals surface area (Å²) in [7, 11) is -6.01. The van der Waals surface area contributed by atoms with Crippen molar-refractivity contribution in [2.45, 2.75) is 102 Å². The fourth-order valence-electron chi connectivity index (χ4n) is 4.41. The van der Waals surface area contributed by atoms with Crippen LogP contribution < -0.4 is 0 Å². The average molecular weight is 1030 g/mol. The van der Waals surface area contributed by atoms with E-state index in [1.54, 1.807) is 0 Å². The zero-order chi connectivity index (χ0) is 51.7. The van der Waals surface area contributed by atoms with Crippen molar-refractivity contribution in [1.29, 1.82) is 0 Å². The van der Waals surface area contributed by atoms with E-state index in [0.29, 0.717) is 0 Å². The lowest BCUT2D eigenvalue weighted by Crippen LogP contribution is -2.79. The number of sulfonamides is 1. The van der Waals surface area contributed by atoms with Crippen LogP contribution in [0.5, 0.6) is 0 Å². The van der Waals surface area contributed by atoms with Crippen LogP contribution >= 0.6 is 0 Å². The summed E-state index contributed by atoms with van der Waals surface area (Å²) in [4.78, 5) is 21.6. The molecule has 0 aromatic heterocycles. The van der Waals surface area contributed by atoms with E-state index in [1.165, 1.54) is 0 Å². The van der Waals surface area contributed by atoms with Gasteiger partial charge in [-0.1, -0.05) is 0 Å². The molecule has 0 aliphatic carbocycles. The van der Waals surface area contributed by atoms with Gasteiger partial charge in [-0.15, -0.1) is 0 Å². The highest BCUT2D eigenvalue weighted by Gasteiger charge is 3.01. The summed E-state index contributed by atoms with van der Waals surface area (Å²) >= 11 is 0. The Kier molecular flexibility index (Phi) is 15.7. The number of rotatable bonds is 24. The number of aliphatic carboxylic acids is 2. The zero-order valence-electron chi connectivity index (χ0n) is 29.7. The number of nitrogens with zero attached hydrogens (tertiary/aromatic N) is 2. The Bertz CT molecular complexity index is 1780. The highest BCUT2D eigenvalue weighted by Crippen LogP contribution is 2.69. The molecule has 0 aliphatic heterocycles. The summed E-state index contributed by atoms with van der Waals surface area (Å²) in [5.41, 5.74) is 0. The minimum atomic E-state index is -10.1. The number of carbonyl (C=O) groups is 2. The van der Waals surface area contributed by atoms with Gasteiger partial charge in [0, 0.05) is 19.5 Å². The highest BCUT2D eigenvalue weighted by atomic mass is 32.2. The van der Waals surface area contributed by atoms with Crippen molar-refractivity contribution in [3.63, 3.8) is 0 Å². The predicted molar refractivity (Wildman–Crippen MR) is 142 cm³/mol. The van der Waals surface area contributed by atoms with E-state index in [1.807, 2.05) is 0 Å². The molecule has 0 spiro atoms. The summed E-state index contributed by atoms with van der Waals surface area (Å²) in [5, 5.41) is 9.08. The fourth-order valence-corrected chi connectivity index (χ4v) is 5.89. The molecule has 0 saturated heterocycles. The van der Waals surface area contributed by atoms with Gasteiger partial charge in [-0.25, -0.2) is 8.42 Å². The zero-order valence-corrected chi connectivity index (χ0v) is 30.6. The van der Waals surface area contributed by atoms with E-state index >= 15 is 0 Å². The van der Waals surface area contributed by atoms with Gasteiger partial charge in [0.25, 0.3) is 10.0 Å². The monoisotopic (exact) mass is 1030 g/mol. The third-order valence-electron chi connectivity index (χ3n) is 8.40. The van der Waals surface area contributed by atoms with Crippen molar-refractivity contribution in [3.8, 4) is 0 Å². The number of alkyl halides is 29. The van der Waals surface area contributed by atoms with Gasteiger partial charge in [-0.05, 0) is 0 Å². The number of hydrogen-bond acceptors (Lipinski definition) is 4. The summed E-state index contributed by atoms with van der Waals surface area (Å²) in [6.07, 6.45) is -12.1. The van der Waals surface area contributed by atoms with Crippen LogP contribution in [0.2, 0.25) is 0 Å². The third kappa shape index (κ3) is 8.80. The van der Waals surface area contributed by atoms with Gasteiger partial charge in [0.1, 0.15) is 0 Å². The summed E-state index contributed by atoms with van der Waals surface area (Å²) in [5.74, 6) is -121. The molecule has 0 aromatic rings. The molecule has 0 fully saturated rings. The van der Waals surface area contributed by atoms with Crippen LogP contribution in [0.1, 0.15) is 19.3 Å². The molecule has 8 nitrogen and oxygen atoms in total. The lowest BCUT2D eigenvalue weighted by atomic mass is 9.84. The second-order valence-electron chi connectivity index (χ2n) is 13.3. The number of quaternary nitrogens is 1. The molecule has 0 radical (unpaired) electrons. The van der Waals surface area contributed by atoms with Crippen molar-refractivity contribution in [2.24, 2.45) is 0 Å². The summed E-state index contributed by atoms with van der Waals surface area (Å²) < 4.78 is 425. The molecule has 0 atom stereocenters. The van der Waals surface area contributed by atoms with Gasteiger partial charge in [0.2, 0.25) is 0 Å². The van der Waals surface area contributed by atoms with Crippen LogP contribution in [0.15, 0.2) is 0 Å². The third-order valence-corrected chi connectivity index (χ3v) is 10.3. The molecule has 63 heavy (non-hydrogen) atoms. The highest BCUT2D eigenvalue weighted by molar-refractivity contribution is 7.90. The Morgan fingerprint density at radius 2 is 0.667 bits per heavy atom. The standard InChI is InChI=1S/C25H21F29N2O6S/c1-56(2,9-5-11(59)60)8-3-6-55(7-4-10(57)58)63(61,62)25(53,54)23(48,49)21(44,45)19(40,41)17(36,37)15(32,33)13(28,29)12(26,27)14(30,31)16(34,35)18(38,39)20(42,43)22(46,47)24(50,51)52/h3-9H2,1-2H3,(H-,57,58,59,60)/p+1. The maximum atomic E-state index is 14.9. The van der Waals surface area contributed by atoms with E-state index in [0.717, 1.165) is 14.1 Å². The first-order valence-electron chi connectivity index (χ1n) is 15.2. The Hall–Kier alpha value is -3.22. The van der Waals surface area contributed by atoms with Crippen LogP contribution in [0.3, 0.4) is 0 Å². The Morgan fingerprint density at radius 3 is 0.921 bits per heavy atom. The SMILES string of the molecule is C[N+](C)(CCCN(CCC(=O)O)S(=O)(=O)C(F)(F)C(F)(F)C(F)(F)C(F)(F)C(F)(F)C(F)(F)C(F)(F)C(F)(F)C(F)(F)C(F)(F)C(F)(F)C(F)(F)C(F)(F)C(F)(F)F)CCC(=O)O. The number of carboxylic acids is 2. The summed E-state index contributed by atoms with van der Waals surface area (Å²) in [6.45, 7) is -5.21.